The minimum Gasteiger partial charge on any atom is -0.496 e. The zero-order chi connectivity index (χ0) is 59.1. The number of halogens is 1. The minimum atomic E-state index is -0.648. The smallest absolute Gasteiger partial charge is 0.496 e. The third kappa shape index (κ3) is 10.6. The van der Waals surface area contributed by atoms with E-state index in [1.807, 2.05) is 53.7 Å². The van der Waals surface area contributed by atoms with Gasteiger partial charge in [-0.3, -0.25) is 0 Å². The number of carbonyl (C=O) groups is 2. The predicted octanol–water partition coefficient (Wildman–Crippen LogP) is 11.2. The third-order valence-electron chi connectivity index (χ3n) is 21.4. The molecule has 5 aliphatic heterocycles. The molecule has 14 aliphatic rings. The molecule has 0 aromatic heterocycles. The number of benzene rings is 2. The molecule has 5 heterocycles. The van der Waals surface area contributed by atoms with Gasteiger partial charge >= 0.3 is 33.1 Å². The van der Waals surface area contributed by atoms with Crippen molar-refractivity contribution in [1.82, 2.24) is 0 Å². The Hall–Kier alpha value is -2.50. The Morgan fingerprint density at radius 2 is 0.878 bits per heavy atom. The molecule has 9 saturated carbocycles. The zero-order valence-corrected chi connectivity index (χ0v) is 53.9. The maximum absolute atomic E-state index is 13.2. The van der Waals surface area contributed by atoms with Gasteiger partial charge in [-0.25, -0.2) is 9.59 Å². The van der Waals surface area contributed by atoms with E-state index in [9.17, 15) is 9.59 Å². The summed E-state index contributed by atoms with van der Waals surface area (Å²) in [7, 11) is 1.71. The fraction of sp³-hybridized carbons (Fsp3) is 0.774. The molecule has 0 amide bonds. The van der Waals surface area contributed by atoms with Crippen LogP contribution in [0.4, 0.5) is 0 Å². The Bertz CT molecular complexity index is 2700. The van der Waals surface area contributed by atoms with Crippen molar-refractivity contribution in [2.24, 2.45) is 51.8 Å². The van der Waals surface area contributed by atoms with Gasteiger partial charge in [-0.15, -0.1) is 0 Å². The molecule has 3 unspecified atom stereocenters. The first-order valence-corrected chi connectivity index (χ1v) is 31.4. The summed E-state index contributed by atoms with van der Waals surface area (Å²) >= 11 is 2.13. The first-order chi connectivity index (χ1) is 38.3. The lowest BCUT2D eigenvalue weighted by molar-refractivity contribution is -0.200. The quantitative estimate of drug-likeness (QED) is 0.139. The fourth-order valence-corrected chi connectivity index (χ4v) is 17.4. The SMILES string of the molecule is CC1(C)[C@@H]2CC3OB(B4OC5C[C@@H]6C[C@@H](C6(C)C)[C@]5(C)O4)O[C@@]3(C)[C@H]1C2.COc1c(B2OC3C[C@@H]4C[C@@H](C4(C)C)[C@]3(C)O2)cc(C2OCCCO2)cc1C(=O)OC(C)(C)C.COc1c(I)cc(C2OCCCO2)cc1C(=O)OC(C)(C)C. The third-order valence-corrected chi connectivity index (χ3v) is 22.2. The lowest BCUT2D eigenvalue weighted by atomic mass is 9.43. The van der Waals surface area contributed by atoms with E-state index in [-0.39, 0.29) is 54.5 Å². The largest absolute Gasteiger partial charge is 0.498 e. The first kappa shape index (κ1) is 61.2. The summed E-state index contributed by atoms with van der Waals surface area (Å²) in [6.45, 7) is 34.5. The van der Waals surface area contributed by atoms with Crippen molar-refractivity contribution in [3.8, 4) is 11.5 Å². The molecule has 20 heteroatoms. The summed E-state index contributed by atoms with van der Waals surface area (Å²) in [5, 5.41) is 0. The van der Waals surface area contributed by atoms with Gasteiger partial charge < -0.3 is 65.8 Å². The highest BCUT2D eigenvalue weighted by atomic mass is 127. The Morgan fingerprint density at radius 3 is 1.26 bits per heavy atom. The van der Waals surface area contributed by atoms with E-state index < -0.39 is 42.8 Å². The second-order valence-corrected chi connectivity index (χ2v) is 30.8. The van der Waals surface area contributed by atoms with E-state index in [2.05, 4.69) is 84.9 Å². The first-order valence-electron chi connectivity index (χ1n) is 30.3. The molecule has 6 bridgehead atoms. The molecule has 0 N–H and O–H groups in total. The Labute approximate surface area is 502 Å². The highest BCUT2D eigenvalue weighted by Crippen LogP contribution is 2.69. The van der Waals surface area contributed by atoms with Crippen molar-refractivity contribution in [2.45, 2.75) is 214 Å². The van der Waals surface area contributed by atoms with E-state index in [0.29, 0.717) is 89.0 Å². The van der Waals surface area contributed by atoms with Gasteiger partial charge in [0.15, 0.2) is 12.6 Å². The number of hydrogen-bond donors (Lipinski definition) is 0. The van der Waals surface area contributed by atoms with Crippen LogP contribution in [0.3, 0.4) is 0 Å². The fourth-order valence-electron chi connectivity index (χ4n) is 16.5. The zero-order valence-electron chi connectivity index (χ0n) is 51.8. The second kappa shape index (κ2) is 21.7. The summed E-state index contributed by atoms with van der Waals surface area (Å²) < 4.78 is 85.4. The van der Waals surface area contributed by atoms with E-state index in [1.54, 1.807) is 26.4 Å². The molecule has 16 rings (SSSR count). The molecule has 2 aromatic rings. The van der Waals surface area contributed by atoms with Gasteiger partial charge in [0.1, 0.15) is 33.8 Å². The van der Waals surface area contributed by atoms with Gasteiger partial charge in [-0.1, -0.05) is 47.6 Å². The average Bonchev–Trinajstić information content (AvgIpc) is 4.31. The lowest BCUT2D eigenvalue weighted by Crippen LogP contribution is -2.65. The highest BCUT2D eigenvalue weighted by molar-refractivity contribution is 14.1. The van der Waals surface area contributed by atoms with Crippen LogP contribution in [0.5, 0.6) is 11.5 Å². The van der Waals surface area contributed by atoms with Gasteiger partial charge in [-0.2, -0.15) is 0 Å². The van der Waals surface area contributed by atoms with Crippen LogP contribution in [0.25, 0.3) is 0 Å². The summed E-state index contributed by atoms with van der Waals surface area (Å²) in [6, 6.07) is 7.31. The molecule has 16 nitrogen and oxygen atoms in total. The minimum absolute atomic E-state index is 0.00907. The number of methoxy groups -OCH3 is 2. The molecule has 0 radical (unpaired) electrons. The summed E-state index contributed by atoms with van der Waals surface area (Å²) in [5.74, 6) is 3.81. The van der Waals surface area contributed by atoms with Crippen molar-refractivity contribution >= 4 is 61.1 Å². The predicted molar refractivity (Wildman–Crippen MR) is 318 cm³/mol. The van der Waals surface area contributed by atoms with Crippen molar-refractivity contribution < 1.29 is 75.4 Å². The van der Waals surface area contributed by atoms with Crippen molar-refractivity contribution in [1.29, 1.82) is 0 Å². The van der Waals surface area contributed by atoms with Crippen LogP contribution in [0.1, 0.15) is 200 Å². The number of rotatable bonds is 8. The molecule has 14 fully saturated rings. The Balaban J connectivity index is 0.000000133. The van der Waals surface area contributed by atoms with Gasteiger partial charge in [0.25, 0.3) is 0 Å². The van der Waals surface area contributed by atoms with Crippen molar-refractivity contribution in [2.75, 3.05) is 40.6 Å². The molecular weight excluding hydrogens is 1160 g/mol. The number of hydrogen-bond acceptors (Lipinski definition) is 16. The summed E-state index contributed by atoms with van der Waals surface area (Å²) in [6.07, 6.45) is 8.02. The van der Waals surface area contributed by atoms with Gasteiger partial charge in [0.05, 0.1) is 79.3 Å². The van der Waals surface area contributed by atoms with Crippen LogP contribution in [0.2, 0.25) is 0 Å². The molecule has 9 aliphatic carbocycles. The van der Waals surface area contributed by atoms with Crippen LogP contribution in [-0.4, -0.2) is 120 Å². The van der Waals surface area contributed by atoms with Gasteiger partial charge in [0.2, 0.25) is 0 Å². The monoisotopic (exact) mass is 1250 g/mol. The van der Waals surface area contributed by atoms with Crippen molar-refractivity contribution in [3.05, 3.63) is 50.1 Å². The maximum atomic E-state index is 13.2. The van der Waals surface area contributed by atoms with Gasteiger partial charge in [-0.05, 0) is 206 Å². The molecule has 5 saturated heterocycles. The Kier molecular flexibility index (Phi) is 16.2. The van der Waals surface area contributed by atoms with Crippen LogP contribution < -0.4 is 14.9 Å². The van der Waals surface area contributed by atoms with E-state index in [0.717, 1.165) is 58.6 Å². The molecule has 82 heavy (non-hydrogen) atoms. The normalized spacial score (nSPS) is 36.3. The molecular formula is C62H90B3IO16. The molecule has 450 valence electrons. The second-order valence-electron chi connectivity index (χ2n) is 29.6. The van der Waals surface area contributed by atoms with Crippen LogP contribution in [-0.2, 0) is 56.3 Å². The number of carbonyl (C=O) groups excluding carboxylic acids is 2. The molecule has 12 atom stereocenters. The number of esters is 2. The summed E-state index contributed by atoms with van der Waals surface area (Å²) in [4.78, 5) is 25.7. The summed E-state index contributed by atoms with van der Waals surface area (Å²) in [5.41, 5.74) is 1.90. The average molecular weight is 1250 g/mol. The van der Waals surface area contributed by atoms with Crippen molar-refractivity contribution in [3.63, 3.8) is 0 Å². The van der Waals surface area contributed by atoms with E-state index in [4.69, 9.17) is 65.8 Å². The highest BCUT2D eigenvalue weighted by Gasteiger charge is 2.74. The van der Waals surface area contributed by atoms with Gasteiger partial charge in [0, 0.05) is 16.6 Å². The maximum Gasteiger partial charge on any atom is 0.498 e. The van der Waals surface area contributed by atoms with Crippen LogP contribution >= 0.6 is 22.6 Å². The number of ether oxygens (including phenoxy) is 8. The topological polar surface area (TPSA) is 163 Å². The van der Waals surface area contributed by atoms with E-state index in [1.165, 1.54) is 19.3 Å². The Morgan fingerprint density at radius 1 is 0.512 bits per heavy atom. The van der Waals surface area contributed by atoms with Crippen LogP contribution in [0.15, 0.2) is 24.3 Å². The molecule has 0 spiro atoms. The molecule has 2 aromatic carbocycles. The lowest BCUT2D eigenvalue weighted by Gasteiger charge is -2.64. The van der Waals surface area contributed by atoms with E-state index >= 15 is 0 Å². The van der Waals surface area contributed by atoms with Crippen LogP contribution in [0, 0.1) is 55.3 Å². The standard InChI is InChI=1S/C26H37BO7.C20H32B2O4.C16H21IO5/c1-24(2,3)32-22(28)17-11-15(23-30-9-8-10-31-23)12-18(21(17)29-7)27-33-20-14-16-13-19(25(16,4)5)26(20,6)34-27;1-17(2)11-7-13(17)19(5)15(9-11)23-21(25-19)22-24-16-10-12-8-14(18(12,3)4)20(16,6)26-22;1-16(2,3)22-14(18)11-8-10(9-12(17)13(11)19-4)15-20-6-5-7-21-15/h11-12,16,19-20,23H,8-10,13-14H2,1-7H3;11-16H,7-10H2,1-6H3;8-9,15H,5-7H2,1-4H3/t16-,19-,20?,26-;11-,12-,13-,14-,15?,16?,19-,20-;/m00./s1.